The molecule has 3 heteroatoms. The summed E-state index contributed by atoms with van der Waals surface area (Å²) in [6, 6.07) is 10.2. The van der Waals surface area contributed by atoms with Gasteiger partial charge in [-0.25, -0.2) is 4.39 Å². The fourth-order valence-electron chi connectivity index (χ4n) is 1.80. The van der Waals surface area contributed by atoms with Gasteiger partial charge in [0.25, 0.3) is 0 Å². The van der Waals surface area contributed by atoms with Gasteiger partial charge in [-0.15, -0.1) is 0 Å². The normalized spacial score (nSPS) is 10.5. The Hall–Kier alpha value is -1.54. The molecule has 0 heterocycles. The molecule has 2 rings (SSSR count). The van der Waals surface area contributed by atoms with E-state index in [1.54, 1.807) is 12.1 Å². The standard InChI is InChI=1S/C14H13ClFN/c1-2-9-7-10(3-6-14(9)17)12-5-4-11(15)8-13(12)16/h3-8H,2,17H2,1H3. The summed E-state index contributed by atoms with van der Waals surface area (Å²) in [6.45, 7) is 2.02. The van der Waals surface area contributed by atoms with E-state index in [1.807, 2.05) is 25.1 Å². The molecular weight excluding hydrogens is 237 g/mol. The number of nitrogen functional groups attached to an aromatic ring is 1. The van der Waals surface area contributed by atoms with Gasteiger partial charge in [0.1, 0.15) is 5.82 Å². The van der Waals surface area contributed by atoms with E-state index in [9.17, 15) is 4.39 Å². The number of nitrogens with two attached hydrogens (primary N) is 1. The first kappa shape index (κ1) is 11.9. The topological polar surface area (TPSA) is 26.0 Å². The van der Waals surface area contributed by atoms with Gasteiger partial charge in [-0.3, -0.25) is 0 Å². The van der Waals surface area contributed by atoms with Crippen molar-refractivity contribution >= 4 is 17.3 Å². The molecule has 17 heavy (non-hydrogen) atoms. The Balaban J connectivity index is 2.53. The van der Waals surface area contributed by atoms with Crippen molar-refractivity contribution in [3.05, 3.63) is 52.8 Å². The van der Waals surface area contributed by atoms with Crippen molar-refractivity contribution in [3.63, 3.8) is 0 Å². The Morgan fingerprint density at radius 2 is 1.94 bits per heavy atom. The number of halogens is 2. The Morgan fingerprint density at radius 3 is 2.59 bits per heavy atom. The summed E-state index contributed by atoms with van der Waals surface area (Å²) in [7, 11) is 0. The van der Waals surface area contributed by atoms with Gasteiger partial charge in [-0.1, -0.05) is 24.6 Å². The molecule has 0 aliphatic rings. The highest BCUT2D eigenvalue weighted by Crippen LogP contribution is 2.28. The number of anilines is 1. The summed E-state index contributed by atoms with van der Waals surface area (Å²) in [4.78, 5) is 0. The summed E-state index contributed by atoms with van der Waals surface area (Å²) < 4.78 is 13.8. The van der Waals surface area contributed by atoms with Crippen molar-refractivity contribution < 1.29 is 4.39 Å². The minimum Gasteiger partial charge on any atom is -0.399 e. The molecule has 0 amide bonds. The molecule has 0 saturated heterocycles. The second-order valence-electron chi connectivity index (χ2n) is 3.89. The van der Waals surface area contributed by atoms with Crippen molar-refractivity contribution in [1.29, 1.82) is 0 Å². The first-order valence-electron chi connectivity index (χ1n) is 5.45. The molecule has 1 nitrogen and oxygen atoms in total. The maximum atomic E-state index is 13.8. The minimum atomic E-state index is -0.315. The van der Waals surface area contributed by atoms with Crippen LogP contribution in [0.2, 0.25) is 5.02 Å². The molecular formula is C14H13ClFN. The van der Waals surface area contributed by atoms with E-state index < -0.39 is 0 Å². The van der Waals surface area contributed by atoms with E-state index >= 15 is 0 Å². The molecule has 0 aliphatic heterocycles. The van der Waals surface area contributed by atoms with E-state index in [0.29, 0.717) is 10.6 Å². The molecule has 0 aromatic heterocycles. The minimum absolute atomic E-state index is 0.315. The van der Waals surface area contributed by atoms with Gasteiger partial charge in [0, 0.05) is 16.3 Å². The lowest BCUT2D eigenvalue weighted by molar-refractivity contribution is 0.631. The number of hydrogen-bond donors (Lipinski definition) is 1. The summed E-state index contributed by atoms with van der Waals surface area (Å²) in [5, 5.41) is 0.400. The lowest BCUT2D eigenvalue weighted by atomic mass is 10.0. The first-order valence-corrected chi connectivity index (χ1v) is 5.83. The largest absolute Gasteiger partial charge is 0.399 e. The zero-order chi connectivity index (χ0) is 12.4. The van der Waals surface area contributed by atoms with E-state index in [1.165, 1.54) is 6.07 Å². The van der Waals surface area contributed by atoms with Crippen LogP contribution in [-0.2, 0) is 6.42 Å². The van der Waals surface area contributed by atoms with Gasteiger partial charge in [-0.2, -0.15) is 0 Å². The quantitative estimate of drug-likeness (QED) is 0.790. The molecule has 0 saturated carbocycles. The highest BCUT2D eigenvalue weighted by molar-refractivity contribution is 6.30. The zero-order valence-corrected chi connectivity index (χ0v) is 10.3. The molecule has 88 valence electrons. The number of benzene rings is 2. The maximum Gasteiger partial charge on any atom is 0.132 e. The second kappa shape index (κ2) is 4.76. The van der Waals surface area contributed by atoms with E-state index in [4.69, 9.17) is 17.3 Å². The van der Waals surface area contributed by atoms with Crippen LogP contribution in [0.3, 0.4) is 0 Å². The SMILES string of the molecule is CCc1cc(-c2ccc(Cl)cc2F)ccc1N. The highest BCUT2D eigenvalue weighted by Gasteiger charge is 2.07. The summed E-state index contributed by atoms with van der Waals surface area (Å²) in [6.07, 6.45) is 0.828. The molecule has 0 bridgehead atoms. The zero-order valence-electron chi connectivity index (χ0n) is 9.50. The Labute approximate surface area is 105 Å². The molecule has 0 spiro atoms. The fourth-order valence-corrected chi connectivity index (χ4v) is 1.96. The van der Waals surface area contributed by atoms with E-state index in [-0.39, 0.29) is 5.82 Å². The smallest absolute Gasteiger partial charge is 0.132 e. The van der Waals surface area contributed by atoms with Gasteiger partial charge < -0.3 is 5.73 Å². The lowest BCUT2D eigenvalue weighted by Crippen LogP contribution is -1.94. The third-order valence-electron chi connectivity index (χ3n) is 2.77. The Morgan fingerprint density at radius 1 is 1.18 bits per heavy atom. The van der Waals surface area contributed by atoms with Crippen molar-refractivity contribution in [3.8, 4) is 11.1 Å². The van der Waals surface area contributed by atoms with Crippen LogP contribution in [0.5, 0.6) is 0 Å². The van der Waals surface area contributed by atoms with Crippen LogP contribution in [0, 0.1) is 5.82 Å². The van der Waals surface area contributed by atoms with Crippen molar-refractivity contribution in [2.45, 2.75) is 13.3 Å². The van der Waals surface area contributed by atoms with Crippen LogP contribution >= 0.6 is 11.6 Å². The second-order valence-corrected chi connectivity index (χ2v) is 4.33. The summed E-state index contributed by atoms with van der Waals surface area (Å²) >= 11 is 5.73. The predicted molar refractivity (Wildman–Crippen MR) is 70.6 cm³/mol. The third kappa shape index (κ3) is 2.42. The van der Waals surface area contributed by atoms with Crippen LogP contribution in [0.4, 0.5) is 10.1 Å². The maximum absolute atomic E-state index is 13.8. The first-order chi connectivity index (χ1) is 8.11. The molecule has 2 N–H and O–H groups in total. The predicted octanol–water partition coefficient (Wildman–Crippen LogP) is 4.29. The van der Waals surface area contributed by atoms with Gasteiger partial charge >= 0.3 is 0 Å². The number of rotatable bonds is 2. The third-order valence-corrected chi connectivity index (χ3v) is 3.00. The van der Waals surface area contributed by atoms with Crippen LogP contribution in [0.1, 0.15) is 12.5 Å². The van der Waals surface area contributed by atoms with Crippen LogP contribution < -0.4 is 5.73 Å². The molecule has 2 aromatic carbocycles. The highest BCUT2D eigenvalue weighted by atomic mass is 35.5. The van der Waals surface area contributed by atoms with E-state index in [0.717, 1.165) is 23.2 Å². The molecule has 0 atom stereocenters. The summed E-state index contributed by atoms with van der Waals surface area (Å²) in [5.74, 6) is -0.315. The Kier molecular flexibility index (Phi) is 3.34. The number of hydrogen-bond acceptors (Lipinski definition) is 1. The Bertz CT molecular complexity index is 552. The molecule has 0 aliphatic carbocycles. The van der Waals surface area contributed by atoms with Crippen LogP contribution in [0.15, 0.2) is 36.4 Å². The van der Waals surface area contributed by atoms with Gasteiger partial charge in [0.05, 0.1) is 0 Å². The fraction of sp³-hybridized carbons (Fsp3) is 0.143. The molecule has 2 aromatic rings. The average molecular weight is 250 g/mol. The van der Waals surface area contributed by atoms with Crippen molar-refractivity contribution in [1.82, 2.24) is 0 Å². The summed E-state index contributed by atoms with van der Waals surface area (Å²) in [5.41, 5.74) is 8.96. The van der Waals surface area contributed by atoms with Gasteiger partial charge in [0.15, 0.2) is 0 Å². The number of aryl methyl sites for hydroxylation is 1. The average Bonchev–Trinajstić information content (AvgIpc) is 2.30. The van der Waals surface area contributed by atoms with Crippen LogP contribution in [-0.4, -0.2) is 0 Å². The van der Waals surface area contributed by atoms with Crippen LogP contribution in [0.25, 0.3) is 11.1 Å². The molecule has 0 unspecified atom stereocenters. The van der Waals surface area contributed by atoms with Crippen molar-refractivity contribution in [2.75, 3.05) is 5.73 Å². The molecule has 0 radical (unpaired) electrons. The van der Waals surface area contributed by atoms with Gasteiger partial charge in [0.2, 0.25) is 0 Å². The monoisotopic (exact) mass is 249 g/mol. The van der Waals surface area contributed by atoms with Gasteiger partial charge in [-0.05, 0) is 47.9 Å². The van der Waals surface area contributed by atoms with Crippen molar-refractivity contribution in [2.24, 2.45) is 0 Å². The van der Waals surface area contributed by atoms with E-state index in [2.05, 4.69) is 0 Å². The lowest BCUT2D eigenvalue weighted by Gasteiger charge is -2.08. The molecule has 0 fully saturated rings.